The van der Waals surface area contributed by atoms with Crippen LogP contribution < -0.4 is 10.6 Å². The Kier molecular flexibility index (Phi) is 6.41. The molecule has 0 radical (unpaired) electrons. The van der Waals surface area contributed by atoms with Gasteiger partial charge in [0.05, 0.1) is 17.0 Å². The molecule has 1 aromatic heterocycles. The first-order valence-corrected chi connectivity index (χ1v) is 9.98. The molecule has 0 aliphatic carbocycles. The molecule has 1 aliphatic heterocycles. The van der Waals surface area contributed by atoms with E-state index in [4.69, 9.17) is 0 Å². The molecule has 2 unspecified atom stereocenters. The number of non-ortho nitro benzene ring substituents is 1. The summed E-state index contributed by atoms with van der Waals surface area (Å²) in [6.07, 6.45) is 2.38. The van der Waals surface area contributed by atoms with E-state index in [0.29, 0.717) is 12.1 Å². The maximum absolute atomic E-state index is 12.4. The van der Waals surface area contributed by atoms with Crippen LogP contribution >= 0.6 is 11.3 Å². The number of hydrogen-bond acceptors (Lipinski definition) is 5. The fourth-order valence-electron chi connectivity index (χ4n) is 3.37. The normalized spacial score (nSPS) is 16.6. The molecule has 2 aromatic rings. The van der Waals surface area contributed by atoms with Gasteiger partial charge in [-0.05, 0) is 49.9 Å². The van der Waals surface area contributed by atoms with E-state index < -0.39 is 4.92 Å². The number of nitrogens with zero attached hydrogens (tertiary/aromatic N) is 2. The van der Waals surface area contributed by atoms with Crippen molar-refractivity contribution < 1.29 is 9.72 Å². The number of nitrogens with one attached hydrogen (secondary N) is 2. The van der Waals surface area contributed by atoms with Crippen LogP contribution in [0.15, 0.2) is 41.8 Å². The summed E-state index contributed by atoms with van der Waals surface area (Å²) < 4.78 is 0. The molecule has 1 fully saturated rings. The smallest absolute Gasteiger partial charge is 0.315 e. The van der Waals surface area contributed by atoms with Crippen LogP contribution in [0.2, 0.25) is 0 Å². The van der Waals surface area contributed by atoms with Crippen LogP contribution in [0, 0.1) is 10.1 Å². The van der Waals surface area contributed by atoms with Crippen LogP contribution in [0.5, 0.6) is 0 Å². The second-order valence-electron chi connectivity index (χ2n) is 6.70. The van der Waals surface area contributed by atoms with Crippen molar-refractivity contribution in [1.29, 1.82) is 0 Å². The molecule has 27 heavy (non-hydrogen) atoms. The van der Waals surface area contributed by atoms with Crippen LogP contribution in [0.4, 0.5) is 10.5 Å². The zero-order chi connectivity index (χ0) is 19.2. The number of amides is 2. The molecule has 144 valence electrons. The maximum atomic E-state index is 12.4. The Morgan fingerprint density at radius 3 is 2.74 bits per heavy atom. The van der Waals surface area contributed by atoms with Gasteiger partial charge in [-0.1, -0.05) is 18.2 Å². The first-order valence-electron chi connectivity index (χ1n) is 9.11. The van der Waals surface area contributed by atoms with Crippen molar-refractivity contribution >= 4 is 23.1 Å². The molecule has 2 heterocycles. The second-order valence-corrected chi connectivity index (χ2v) is 7.68. The summed E-state index contributed by atoms with van der Waals surface area (Å²) in [6.45, 7) is 4.45. The first-order chi connectivity index (χ1) is 13.0. The quantitative estimate of drug-likeness (QED) is 0.557. The van der Waals surface area contributed by atoms with E-state index in [1.165, 1.54) is 29.9 Å². The summed E-state index contributed by atoms with van der Waals surface area (Å²) >= 11 is 1.71. The number of carbonyl (C=O) groups is 1. The molecule has 3 rings (SSSR count). The molecule has 7 nitrogen and oxygen atoms in total. The zero-order valence-electron chi connectivity index (χ0n) is 15.3. The average molecular weight is 388 g/mol. The number of hydrogen-bond donors (Lipinski definition) is 2. The number of nitro benzene ring substituents is 1. The standard InChI is InChI=1S/C19H24N4O3S/c1-14(15-6-4-7-16(12-15)23(25)26)21-19(24)20-13-17(18-8-5-11-27-18)22-9-2-3-10-22/h4-8,11-12,14,17H,2-3,9-10,13H2,1H3,(H2,20,21,24). The van der Waals surface area contributed by atoms with Crippen LogP contribution in [0.3, 0.4) is 0 Å². The third kappa shape index (κ3) is 5.05. The summed E-state index contributed by atoms with van der Waals surface area (Å²) in [4.78, 5) is 26.5. The lowest BCUT2D eigenvalue weighted by atomic mass is 10.1. The number of nitro groups is 1. The van der Waals surface area contributed by atoms with Crippen molar-refractivity contribution in [3.05, 3.63) is 62.3 Å². The van der Waals surface area contributed by atoms with Crippen molar-refractivity contribution in [3.63, 3.8) is 0 Å². The van der Waals surface area contributed by atoms with Crippen LogP contribution in [-0.4, -0.2) is 35.5 Å². The highest BCUT2D eigenvalue weighted by atomic mass is 32.1. The fourth-order valence-corrected chi connectivity index (χ4v) is 4.23. The van der Waals surface area contributed by atoms with E-state index in [1.54, 1.807) is 23.5 Å². The molecule has 2 amide bonds. The molecule has 1 aliphatic rings. The summed E-state index contributed by atoms with van der Waals surface area (Å²) in [5.74, 6) is 0. The predicted molar refractivity (Wildman–Crippen MR) is 106 cm³/mol. The van der Waals surface area contributed by atoms with Gasteiger partial charge in [0, 0.05) is 23.6 Å². The predicted octanol–water partition coefficient (Wildman–Crippen LogP) is 3.85. The Hall–Kier alpha value is -2.45. The third-order valence-corrected chi connectivity index (χ3v) is 5.81. The molecule has 1 aromatic carbocycles. The Balaban J connectivity index is 1.57. The largest absolute Gasteiger partial charge is 0.336 e. The van der Waals surface area contributed by atoms with Gasteiger partial charge >= 0.3 is 6.03 Å². The lowest BCUT2D eigenvalue weighted by Crippen LogP contribution is -2.42. The molecule has 2 atom stereocenters. The first kappa shape index (κ1) is 19.3. The Morgan fingerprint density at radius 1 is 1.30 bits per heavy atom. The van der Waals surface area contributed by atoms with E-state index in [9.17, 15) is 14.9 Å². The van der Waals surface area contributed by atoms with Gasteiger partial charge in [0.15, 0.2) is 0 Å². The minimum atomic E-state index is -0.433. The number of carbonyl (C=O) groups excluding carboxylic acids is 1. The van der Waals surface area contributed by atoms with E-state index in [1.807, 2.05) is 13.0 Å². The summed E-state index contributed by atoms with van der Waals surface area (Å²) in [6, 6.07) is 10.1. The average Bonchev–Trinajstić information content (AvgIpc) is 3.36. The molecule has 0 saturated carbocycles. The van der Waals surface area contributed by atoms with E-state index in [-0.39, 0.29) is 23.8 Å². The molecule has 1 saturated heterocycles. The van der Waals surface area contributed by atoms with Crippen molar-refractivity contribution in [2.75, 3.05) is 19.6 Å². The van der Waals surface area contributed by atoms with Gasteiger partial charge in [-0.3, -0.25) is 15.0 Å². The maximum Gasteiger partial charge on any atom is 0.315 e. The number of rotatable bonds is 7. The van der Waals surface area contributed by atoms with Gasteiger partial charge in [0.25, 0.3) is 5.69 Å². The summed E-state index contributed by atoms with van der Waals surface area (Å²) in [5.41, 5.74) is 0.724. The van der Waals surface area contributed by atoms with E-state index in [0.717, 1.165) is 13.1 Å². The van der Waals surface area contributed by atoms with E-state index >= 15 is 0 Å². The van der Waals surface area contributed by atoms with Gasteiger partial charge in [-0.25, -0.2) is 4.79 Å². The van der Waals surface area contributed by atoms with E-state index in [2.05, 4.69) is 27.0 Å². The van der Waals surface area contributed by atoms with Crippen LogP contribution in [0.1, 0.15) is 42.3 Å². The number of urea groups is 1. The van der Waals surface area contributed by atoms with Crippen molar-refractivity contribution in [3.8, 4) is 0 Å². The lowest BCUT2D eigenvalue weighted by Gasteiger charge is -2.27. The van der Waals surface area contributed by atoms with Crippen molar-refractivity contribution in [2.24, 2.45) is 0 Å². The third-order valence-electron chi connectivity index (χ3n) is 4.84. The zero-order valence-corrected chi connectivity index (χ0v) is 16.1. The molecule has 2 N–H and O–H groups in total. The minimum absolute atomic E-state index is 0.0216. The SMILES string of the molecule is CC(NC(=O)NCC(c1cccs1)N1CCCC1)c1cccc([N+](=O)[O-])c1. The number of likely N-dealkylation sites (tertiary alicyclic amines) is 1. The Labute approximate surface area is 162 Å². The van der Waals surface area contributed by atoms with Crippen molar-refractivity contribution in [1.82, 2.24) is 15.5 Å². The van der Waals surface area contributed by atoms with Gasteiger partial charge in [0.2, 0.25) is 0 Å². The van der Waals surface area contributed by atoms with Crippen molar-refractivity contribution in [2.45, 2.75) is 31.8 Å². The summed E-state index contributed by atoms with van der Waals surface area (Å²) in [7, 11) is 0. The van der Waals surface area contributed by atoms with Gasteiger partial charge < -0.3 is 10.6 Å². The highest BCUT2D eigenvalue weighted by molar-refractivity contribution is 7.10. The van der Waals surface area contributed by atoms with Gasteiger partial charge in [-0.15, -0.1) is 11.3 Å². The molecule has 0 spiro atoms. The fraction of sp³-hybridized carbons (Fsp3) is 0.421. The van der Waals surface area contributed by atoms with Gasteiger partial charge in [0.1, 0.15) is 0 Å². The minimum Gasteiger partial charge on any atom is -0.336 e. The Morgan fingerprint density at radius 2 is 2.07 bits per heavy atom. The summed E-state index contributed by atoms with van der Waals surface area (Å²) in [5, 5.41) is 18.8. The van der Waals surface area contributed by atoms with Gasteiger partial charge in [-0.2, -0.15) is 0 Å². The van der Waals surface area contributed by atoms with Crippen LogP contribution in [-0.2, 0) is 0 Å². The topological polar surface area (TPSA) is 87.5 Å². The highest BCUT2D eigenvalue weighted by Gasteiger charge is 2.25. The molecule has 0 bridgehead atoms. The monoisotopic (exact) mass is 388 g/mol. The van der Waals surface area contributed by atoms with Crippen LogP contribution in [0.25, 0.3) is 0 Å². The number of benzene rings is 1. The highest BCUT2D eigenvalue weighted by Crippen LogP contribution is 2.27. The second kappa shape index (κ2) is 8.96. The number of thiophene rings is 1. The molecule has 8 heteroatoms. The molecular weight excluding hydrogens is 364 g/mol. The lowest BCUT2D eigenvalue weighted by molar-refractivity contribution is -0.384. The molecular formula is C19H24N4O3S. The Bertz CT molecular complexity index is 775.